The van der Waals surface area contributed by atoms with Crippen LogP contribution in [0, 0.1) is 0 Å². The average molecular weight is 284 g/mol. The monoisotopic (exact) mass is 284 g/mol. The van der Waals surface area contributed by atoms with Crippen molar-refractivity contribution in [3.63, 3.8) is 0 Å². The molecule has 0 aliphatic heterocycles. The van der Waals surface area contributed by atoms with E-state index in [9.17, 15) is 9.59 Å². The zero-order valence-corrected chi connectivity index (χ0v) is 11.8. The number of benzene rings is 1. The fraction of sp³-hybridized carbons (Fsp3) is 0.312. The summed E-state index contributed by atoms with van der Waals surface area (Å²) < 4.78 is 5.24. The number of rotatable bonds is 3. The summed E-state index contributed by atoms with van der Waals surface area (Å²) in [5, 5.41) is 6.69. The number of Topliss-reactive ketones (excluding diaryl/α,β-unsaturated/α-hetero) is 1. The summed E-state index contributed by atoms with van der Waals surface area (Å²) in [6, 6.07) is 6.80. The Morgan fingerprint density at radius 3 is 2.57 bits per heavy atom. The summed E-state index contributed by atoms with van der Waals surface area (Å²) in [7, 11) is 0. The van der Waals surface area contributed by atoms with Crippen molar-refractivity contribution in [1.29, 1.82) is 0 Å². The van der Waals surface area contributed by atoms with E-state index in [2.05, 4.69) is 10.5 Å². The average Bonchev–Trinajstić information content (AvgIpc) is 2.92. The van der Waals surface area contributed by atoms with Crippen molar-refractivity contribution in [1.82, 2.24) is 5.16 Å². The standard InChI is InChI=1S/C16H16N2O3/c1-10(19)11-6-8-12(9-7-11)17-16(20)15-13-4-2-3-5-14(13)21-18-15/h6-9H,2-5H2,1H3,(H,17,20). The van der Waals surface area contributed by atoms with Crippen molar-refractivity contribution in [2.24, 2.45) is 0 Å². The van der Waals surface area contributed by atoms with Crippen LogP contribution >= 0.6 is 0 Å². The first-order valence-electron chi connectivity index (χ1n) is 7.05. The molecular weight excluding hydrogens is 268 g/mol. The second-order valence-corrected chi connectivity index (χ2v) is 5.23. The molecule has 0 saturated carbocycles. The van der Waals surface area contributed by atoms with E-state index in [1.165, 1.54) is 6.92 Å². The Kier molecular flexibility index (Phi) is 3.56. The SMILES string of the molecule is CC(=O)c1ccc(NC(=O)c2noc3c2CCCC3)cc1. The van der Waals surface area contributed by atoms with Crippen LogP contribution in [0.5, 0.6) is 0 Å². The van der Waals surface area contributed by atoms with Crippen molar-refractivity contribution >= 4 is 17.4 Å². The van der Waals surface area contributed by atoms with E-state index in [0.29, 0.717) is 16.9 Å². The van der Waals surface area contributed by atoms with Crippen LogP contribution in [0.2, 0.25) is 0 Å². The number of carbonyl (C=O) groups is 2. The van der Waals surface area contributed by atoms with Crippen molar-refractivity contribution in [2.45, 2.75) is 32.6 Å². The van der Waals surface area contributed by atoms with Gasteiger partial charge < -0.3 is 9.84 Å². The Bertz CT molecular complexity index is 686. The molecule has 21 heavy (non-hydrogen) atoms. The molecule has 0 spiro atoms. The zero-order valence-electron chi connectivity index (χ0n) is 11.8. The van der Waals surface area contributed by atoms with Gasteiger partial charge in [-0.05, 0) is 50.5 Å². The second-order valence-electron chi connectivity index (χ2n) is 5.23. The van der Waals surface area contributed by atoms with Crippen LogP contribution in [0.4, 0.5) is 5.69 Å². The van der Waals surface area contributed by atoms with Gasteiger partial charge in [-0.3, -0.25) is 9.59 Å². The topological polar surface area (TPSA) is 72.2 Å². The second kappa shape index (κ2) is 5.52. The zero-order chi connectivity index (χ0) is 14.8. The molecule has 0 atom stereocenters. The maximum absolute atomic E-state index is 12.3. The lowest BCUT2D eigenvalue weighted by atomic mass is 9.96. The van der Waals surface area contributed by atoms with Gasteiger partial charge in [-0.25, -0.2) is 0 Å². The molecule has 0 radical (unpaired) electrons. The van der Waals surface area contributed by atoms with Crippen molar-refractivity contribution in [3.05, 3.63) is 46.8 Å². The number of aryl methyl sites for hydroxylation is 1. The Labute approximate surface area is 122 Å². The largest absolute Gasteiger partial charge is 0.360 e. The lowest BCUT2D eigenvalue weighted by molar-refractivity contribution is 0.101. The van der Waals surface area contributed by atoms with E-state index in [1.807, 2.05) is 0 Å². The lowest BCUT2D eigenvalue weighted by Crippen LogP contribution is -2.15. The summed E-state index contributed by atoms with van der Waals surface area (Å²) >= 11 is 0. The Morgan fingerprint density at radius 2 is 1.86 bits per heavy atom. The molecule has 5 nitrogen and oxygen atoms in total. The fourth-order valence-electron chi connectivity index (χ4n) is 2.54. The van der Waals surface area contributed by atoms with Gasteiger partial charge in [0.2, 0.25) is 0 Å². The van der Waals surface area contributed by atoms with Crippen LogP contribution in [0.1, 0.15) is 51.9 Å². The highest BCUT2D eigenvalue weighted by Crippen LogP contribution is 2.24. The summed E-state index contributed by atoms with van der Waals surface area (Å²) in [6.07, 6.45) is 3.82. The molecule has 1 amide bonds. The Hall–Kier alpha value is -2.43. The van der Waals surface area contributed by atoms with E-state index in [1.54, 1.807) is 24.3 Å². The minimum atomic E-state index is -0.266. The molecule has 1 aliphatic carbocycles. The fourth-order valence-corrected chi connectivity index (χ4v) is 2.54. The molecule has 0 unspecified atom stereocenters. The third-order valence-corrected chi connectivity index (χ3v) is 3.71. The van der Waals surface area contributed by atoms with Crippen molar-refractivity contribution in [2.75, 3.05) is 5.32 Å². The van der Waals surface area contributed by atoms with Crippen molar-refractivity contribution < 1.29 is 14.1 Å². The highest BCUT2D eigenvalue weighted by Gasteiger charge is 2.23. The molecule has 3 rings (SSSR count). The maximum Gasteiger partial charge on any atom is 0.278 e. The van der Waals surface area contributed by atoms with Gasteiger partial charge in [-0.15, -0.1) is 0 Å². The first-order chi connectivity index (χ1) is 10.1. The normalized spacial score (nSPS) is 13.6. The summed E-state index contributed by atoms with van der Waals surface area (Å²) in [6.45, 7) is 1.51. The molecule has 5 heteroatoms. The van der Waals surface area contributed by atoms with Gasteiger partial charge in [-0.2, -0.15) is 0 Å². The molecule has 1 heterocycles. The van der Waals surface area contributed by atoms with E-state index < -0.39 is 0 Å². The van der Waals surface area contributed by atoms with Gasteiger partial charge >= 0.3 is 0 Å². The molecule has 2 aromatic rings. The van der Waals surface area contributed by atoms with Crippen LogP contribution in [-0.2, 0) is 12.8 Å². The molecule has 1 aliphatic rings. The predicted octanol–water partition coefficient (Wildman–Crippen LogP) is 3.01. The molecule has 0 bridgehead atoms. The van der Waals surface area contributed by atoms with Gasteiger partial charge in [0.05, 0.1) is 0 Å². The highest BCUT2D eigenvalue weighted by molar-refractivity contribution is 6.04. The smallest absolute Gasteiger partial charge is 0.278 e. The number of nitrogens with zero attached hydrogens (tertiary/aromatic N) is 1. The molecule has 1 N–H and O–H groups in total. The number of fused-ring (bicyclic) bond motifs is 1. The number of hydrogen-bond donors (Lipinski definition) is 1. The molecule has 1 aromatic heterocycles. The number of amides is 1. The number of nitrogens with one attached hydrogen (secondary N) is 1. The van der Waals surface area contributed by atoms with Crippen LogP contribution in [0.25, 0.3) is 0 Å². The molecule has 108 valence electrons. The van der Waals surface area contributed by atoms with Crippen LogP contribution in [0.15, 0.2) is 28.8 Å². The van der Waals surface area contributed by atoms with E-state index in [4.69, 9.17) is 4.52 Å². The Morgan fingerprint density at radius 1 is 1.14 bits per heavy atom. The van der Waals surface area contributed by atoms with Gasteiger partial charge in [0.25, 0.3) is 5.91 Å². The van der Waals surface area contributed by atoms with E-state index >= 15 is 0 Å². The lowest BCUT2D eigenvalue weighted by Gasteiger charge is -2.09. The third kappa shape index (κ3) is 2.72. The minimum Gasteiger partial charge on any atom is -0.360 e. The maximum atomic E-state index is 12.3. The summed E-state index contributed by atoms with van der Waals surface area (Å²) in [5.41, 5.74) is 2.56. The van der Waals surface area contributed by atoms with Gasteiger partial charge in [0.15, 0.2) is 11.5 Å². The minimum absolute atomic E-state index is 0.00144. The summed E-state index contributed by atoms with van der Waals surface area (Å²) in [5.74, 6) is 0.564. The molecule has 1 aromatic carbocycles. The first-order valence-corrected chi connectivity index (χ1v) is 7.05. The quantitative estimate of drug-likeness (QED) is 0.879. The van der Waals surface area contributed by atoms with E-state index in [0.717, 1.165) is 37.0 Å². The van der Waals surface area contributed by atoms with E-state index in [-0.39, 0.29) is 11.7 Å². The van der Waals surface area contributed by atoms with Gasteiger partial charge in [0, 0.05) is 23.2 Å². The van der Waals surface area contributed by atoms with Crippen molar-refractivity contribution in [3.8, 4) is 0 Å². The van der Waals surface area contributed by atoms with Gasteiger partial charge in [0.1, 0.15) is 5.76 Å². The van der Waals surface area contributed by atoms with Crippen LogP contribution in [0.3, 0.4) is 0 Å². The Balaban J connectivity index is 1.77. The summed E-state index contributed by atoms with van der Waals surface area (Å²) in [4.78, 5) is 23.5. The number of hydrogen-bond acceptors (Lipinski definition) is 4. The predicted molar refractivity (Wildman–Crippen MR) is 77.5 cm³/mol. The molecule has 0 fully saturated rings. The molecular formula is C16H16N2O3. The number of ketones is 1. The van der Waals surface area contributed by atoms with Gasteiger partial charge in [-0.1, -0.05) is 5.16 Å². The number of aromatic nitrogens is 1. The molecule has 0 saturated heterocycles. The number of anilines is 1. The van der Waals surface area contributed by atoms with Crippen LogP contribution < -0.4 is 5.32 Å². The van der Waals surface area contributed by atoms with Crippen LogP contribution in [-0.4, -0.2) is 16.8 Å². The number of carbonyl (C=O) groups excluding carboxylic acids is 2. The third-order valence-electron chi connectivity index (χ3n) is 3.71. The first kappa shape index (κ1) is 13.5. The highest BCUT2D eigenvalue weighted by atomic mass is 16.5.